The van der Waals surface area contributed by atoms with Gasteiger partial charge in [-0.15, -0.1) is 0 Å². The van der Waals surface area contributed by atoms with Gasteiger partial charge in [0.05, 0.1) is 11.3 Å². The average Bonchev–Trinajstić information content (AvgIpc) is 2.76. The summed E-state index contributed by atoms with van der Waals surface area (Å²) in [4.78, 5) is 11.6. The lowest BCUT2D eigenvalue weighted by atomic mass is 9.95. The third-order valence-corrected chi connectivity index (χ3v) is 7.70. The minimum Gasteiger partial charge on any atom is -0.346 e. The molecule has 34 heavy (non-hydrogen) atoms. The van der Waals surface area contributed by atoms with Crippen molar-refractivity contribution in [2.75, 3.05) is 5.75 Å². The first-order valence-corrected chi connectivity index (χ1v) is 15.7. The molecule has 0 fully saturated rings. The maximum Gasteiger partial charge on any atom is 0.267 e. The van der Waals surface area contributed by atoms with Crippen molar-refractivity contribution < 1.29 is 17.8 Å². The zero-order valence-electron chi connectivity index (χ0n) is 22.4. The van der Waals surface area contributed by atoms with Gasteiger partial charge in [-0.1, -0.05) is 142 Å². The van der Waals surface area contributed by atoms with Crippen molar-refractivity contribution in [3.05, 3.63) is 12.7 Å². The van der Waals surface area contributed by atoms with Gasteiger partial charge in [0.1, 0.15) is 0 Å². The van der Waals surface area contributed by atoms with Crippen molar-refractivity contribution in [2.45, 2.75) is 154 Å². The van der Waals surface area contributed by atoms with E-state index in [4.69, 9.17) is 0 Å². The zero-order valence-corrected chi connectivity index (χ0v) is 23.2. The van der Waals surface area contributed by atoms with Crippen LogP contribution >= 0.6 is 0 Å². The molecule has 1 unspecified atom stereocenters. The van der Waals surface area contributed by atoms with Crippen LogP contribution in [0.1, 0.15) is 149 Å². The molecular weight excluding hydrogens is 446 g/mol. The SMILES string of the molecule is C=CC(=O)NC(C)(CCCCCCCCCCCCCCCCCCCCCC)CS(=O)(=O)O. The second-order valence-electron chi connectivity index (χ2n) is 10.4. The lowest BCUT2D eigenvalue weighted by Crippen LogP contribution is -2.50. The predicted molar refractivity (Wildman–Crippen MR) is 146 cm³/mol. The zero-order chi connectivity index (χ0) is 25.5. The Morgan fingerprint density at radius 3 is 1.35 bits per heavy atom. The molecule has 0 aliphatic rings. The Morgan fingerprint density at radius 2 is 1.06 bits per heavy atom. The van der Waals surface area contributed by atoms with Crippen molar-refractivity contribution in [1.29, 1.82) is 0 Å². The molecule has 2 N–H and O–H groups in total. The molecule has 0 aromatic rings. The minimum atomic E-state index is -4.16. The average molecular weight is 502 g/mol. The number of amides is 1. The van der Waals surface area contributed by atoms with E-state index in [-0.39, 0.29) is 0 Å². The number of unbranched alkanes of at least 4 members (excludes halogenated alkanes) is 19. The molecule has 202 valence electrons. The standard InChI is InChI=1S/C28H55NO4S/c1-4-6-7-8-9-10-11-12-13-14-15-16-17-18-19-20-21-22-23-24-25-28(3,26-34(31,32)33)29-27(30)5-2/h5H,2,4,6-26H2,1,3H3,(H,29,30)(H,31,32,33). The van der Waals surface area contributed by atoms with Crippen LogP contribution in [0.2, 0.25) is 0 Å². The molecular formula is C28H55NO4S. The normalized spacial score (nSPS) is 13.5. The van der Waals surface area contributed by atoms with Gasteiger partial charge in [-0.25, -0.2) is 0 Å². The number of hydrogen-bond acceptors (Lipinski definition) is 3. The van der Waals surface area contributed by atoms with Crippen LogP contribution < -0.4 is 5.32 Å². The summed E-state index contributed by atoms with van der Waals surface area (Å²) >= 11 is 0. The van der Waals surface area contributed by atoms with Gasteiger partial charge in [0.15, 0.2) is 0 Å². The molecule has 0 heterocycles. The first-order chi connectivity index (χ1) is 16.2. The van der Waals surface area contributed by atoms with E-state index in [1.54, 1.807) is 6.92 Å². The molecule has 0 aromatic carbocycles. The molecule has 0 rings (SSSR count). The van der Waals surface area contributed by atoms with Gasteiger partial charge in [0.25, 0.3) is 10.1 Å². The highest BCUT2D eigenvalue weighted by Crippen LogP contribution is 2.19. The van der Waals surface area contributed by atoms with Crippen LogP contribution in [0, 0.1) is 0 Å². The van der Waals surface area contributed by atoms with Gasteiger partial charge in [0.2, 0.25) is 5.91 Å². The Bertz CT molecular complexity index is 606. The van der Waals surface area contributed by atoms with Crippen LogP contribution in [0.25, 0.3) is 0 Å². The van der Waals surface area contributed by atoms with Gasteiger partial charge >= 0.3 is 0 Å². The summed E-state index contributed by atoms with van der Waals surface area (Å²) in [6.07, 6.45) is 27.9. The van der Waals surface area contributed by atoms with Gasteiger partial charge in [-0.05, 0) is 19.4 Å². The molecule has 0 aliphatic heterocycles. The highest BCUT2D eigenvalue weighted by atomic mass is 32.2. The number of rotatable bonds is 25. The Morgan fingerprint density at radius 1 is 0.735 bits per heavy atom. The van der Waals surface area contributed by atoms with E-state index in [2.05, 4.69) is 18.8 Å². The van der Waals surface area contributed by atoms with Crippen molar-refractivity contribution >= 4 is 16.0 Å². The first-order valence-electron chi connectivity index (χ1n) is 14.1. The Hall–Kier alpha value is -0.880. The minimum absolute atomic E-state index is 0.417. The molecule has 0 spiro atoms. The maximum atomic E-state index is 11.6. The van der Waals surface area contributed by atoms with Crippen LogP contribution in [0.4, 0.5) is 0 Å². The number of hydrogen-bond donors (Lipinski definition) is 2. The van der Waals surface area contributed by atoms with Crippen LogP contribution in [0.5, 0.6) is 0 Å². The van der Waals surface area contributed by atoms with E-state index in [0.29, 0.717) is 6.42 Å². The summed E-state index contributed by atoms with van der Waals surface area (Å²) < 4.78 is 31.8. The molecule has 1 atom stereocenters. The predicted octanol–water partition coefficient (Wildman–Crippen LogP) is 8.15. The second kappa shape index (κ2) is 21.4. The smallest absolute Gasteiger partial charge is 0.267 e. The summed E-state index contributed by atoms with van der Waals surface area (Å²) in [5.41, 5.74) is -0.965. The Kier molecular flexibility index (Phi) is 20.9. The first kappa shape index (κ1) is 33.1. The fourth-order valence-corrected chi connectivity index (χ4v) is 5.71. The Labute approximate surface area is 211 Å². The summed E-state index contributed by atoms with van der Waals surface area (Å²) in [6, 6.07) is 0. The van der Waals surface area contributed by atoms with Crippen molar-refractivity contribution in [3.8, 4) is 0 Å². The van der Waals surface area contributed by atoms with Gasteiger partial charge in [-0.3, -0.25) is 9.35 Å². The second-order valence-corrected chi connectivity index (χ2v) is 11.9. The summed E-state index contributed by atoms with van der Waals surface area (Å²) in [5, 5.41) is 2.66. The topological polar surface area (TPSA) is 83.5 Å². The fourth-order valence-electron chi connectivity index (χ4n) is 4.69. The summed E-state index contributed by atoms with van der Waals surface area (Å²) in [5.74, 6) is -0.891. The molecule has 6 heteroatoms. The van der Waals surface area contributed by atoms with Crippen LogP contribution in [0.3, 0.4) is 0 Å². The van der Waals surface area contributed by atoms with Crippen molar-refractivity contribution in [1.82, 2.24) is 5.32 Å². The van der Waals surface area contributed by atoms with Crippen molar-refractivity contribution in [2.24, 2.45) is 0 Å². The quantitative estimate of drug-likeness (QED) is 0.0751. The van der Waals surface area contributed by atoms with E-state index in [1.807, 2.05) is 0 Å². The lowest BCUT2D eigenvalue weighted by molar-refractivity contribution is -0.118. The van der Waals surface area contributed by atoms with Gasteiger partial charge in [0, 0.05) is 0 Å². The molecule has 1 amide bonds. The number of carbonyl (C=O) groups excluding carboxylic acids is 1. The number of nitrogens with one attached hydrogen (secondary N) is 1. The highest BCUT2D eigenvalue weighted by molar-refractivity contribution is 7.85. The van der Waals surface area contributed by atoms with Crippen molar-refractivity contribution in [3.63, 3.8) is 0 Å². The lowest BCUT2D eigenvalue weighted by Gasteiger charge is -2.29. The van der Waals surface area contributed by atoms with E-state index in [1.165, 1.54) is 109 Å². The summed E-state index contributed by atoms with van der Waals surface area (Å²) in [7, 11) is -4.16. The third kappa shape index (κ3) is 22.9. The molecule has 5 nitrogen and oxygen atoms in total. The van der Waals surface area contributed by atoms with Crippen LogP contribution in [-0.2, 0) is 14.9 Å². The molecule has 0 radical (unpaired) electrons. The maximum absolute atomic E-state index is 11.6. The Balaban J connectivity index is 3.54. The van der Waals surface area contributed by atoms with Gasteiger partial charge in [-0.2, -0.15) is 8.42 Å². The summed E-state index contributed by atoms with van der Waals surface area (Å²) in [6.45, 7) is 7.35. The van der Waals surface area contributed by atoms with E-state index < -0.39 is 27.3 Å². The van der Waals surface area contributed by atoms with E-state index in [9.17, 15) is 17.8 Å². The fraction of sp³-hybridized carbons (Fsp3) is 0.893. The largest absolute Gasteiger partial charge is 0.346 e. The third-order valence-electron chi connectivity index (χ3n) is 6.69. The molecule has 0 aromatic heterocycles. The molecule has 0 saturated carbocycles. The van der Waals surface area contributed by atoms with E-state index in [0.717, 1.165) is 25.3 Å². The highest BCUT2D eigenvalue weighted by Gasteiger charge is 2.30. The number of carbonyl (C=O) groups is 1. The monoisotopic (exact) mass is 501 g/mol. The van der Waals surface area contributed by atoms with Crippen LogP contribution in [0.15, 0.2) is 12.7 Å². The van der Waals surface area contributed by atoms with E-state index >= 15 is 0 Å². The molecule has 0 bridgehead atoms. The van der Waals surface area contributed by atoms with Gasteiger partial charge < -0.3 is 5.32 Å². The molecule has 0 saturated heterocycles. The van der Waals surface area contributed by atoms with Crippen LogP contribution in [-0.4, -0.2) is 30.2 Å². The molecule has 0 aliphatic carbocycles.